The Hall–Kier alpha value is -1.18. The van der Waals surface area contributed by atoms with E-state index in [4.69, 9.17) is 4.74 Å². The minimum Gasteiger partial charge on any atom is -0.384 e. The lowest BCUT2D eigenvalue weighted by atomic mass is 10.2. The third kappa shape index (κ3) is 3.93. The maximum Gasteiger partial charge on any atom is 0.244 e. The zero-order valence-electron chi connectivity index (χ0n) is 12.5. The molecule has 7 heteroatoms. The summed E-state index contributed by atoms with van der Waals surface area (Å²) in [5.74, 6) is 0. The first kappa shape index (κ1) is 16.2. The summed E-state index contributed by atoms with van der Waals surface area (Å²) in [5, 5.41) is 3.13. The van der Waals surface area contributed by atoms with Crippen molar-refractivity contribution in [3.05, 3.63) is 18.5 Å². The van der Waals surface area contributed by atoms with Crippen LogP contribution in [-0.4, -0.2) is 39.2 Å². The summed E-state index contributed by atoms with van der Waals surface area (Å²) >= 11 is 0. The molecule has 2 rings (SSSR count). The van der Waals surface area contributed by atoms with Crippen molar-refractivity contribution in [2.75, 3.05) is 19.0 Å². The van der Waals surface area contributed by atoms with Crippen LogP contribution >= 0.6 is 0 Å². The molecule has 0 amide bonds. The van der Waals surface area contributed by atoms with Crippen LogP contribution in [0.4, 0.5) is 5.69 Å². The molecule has 1 aromatic heterocycles. The summed E-state index contributed by atoms with van der Waals surface area (Å²) in [4.78, 5) is 4.14. The highest BCUT2D eigenvalue weighted by atomic mass is 32.2. The van der Waals surface area contributed by atoms with Gasteiger partial charge in [0.25, 0.3) is 0 Å². The number of rotatable bonds is 7. The number of methoxy groups -OCH3 is 1. The molecule has 1 aromatic rings. The number of hydrogen-bond donors (Lipinski definition) is 2. The molecule has 6 nitrogen and oxygen atoms in total. The Morgan fingerprint density at radius 3 is 2.95 bits per heavy atom. The first-order chi connectivity index (χ1) is 10.1. The SMILES string of the molecule is CCCNc1ccncc1S(=O)(=O)NC1CCCC1OC. The summed E-state index contributed by atoms with van der Waals surface area (Å²) in [7, 11) is -1.98. The van der Waals surface area contributed by atoms with Crippen LogP contribution in [0.1, 0.15) is 32.6 Å². The summed E-state index contributed by atoms with van der Waals surface area (Å²) in [6, 6.07) is 1.52. The topological polar surface area (TPSA) is 80.3 Å². The average Bonchev–Trinajstić information content (AvgIpc) is 2.91. The van der Waals surface area contributed by atoms with Crippen LogP contribution in [0.15, 0.2) is 23.4 Å². The van der Waals surface area contributed by atoms with Gasteiger partial charge >= 0.3 is 0 Å². The van der Waals surface area contributed by atoms with Gasteiger partial charge in [-0.2, -0.15) is 0 Å². The van der Waals surface area contributed by atoms with Crippen LogP contribution in [0.25, 0.3) is 0 Å². The number of nitrogens with zero attached hydrogens (tertiary/aromatic N) is 1. The second-order valence-corrected chi connectivity index (χ2v) is 6.91. The Morgan fingerprint density at radius 1 is 1.43 bits per heavy atom. The summed E-state index contributed by atoms with van der Waals surface area (Å²) < 4.78 is 33.3. The van der Waals surface area contributed by atoms with Gasteiger partial charge in [-0.1, -0.05) is 6.92 Å². The highest BCUT2D eigenvalue weighted by Crippen LogP contribution is 2.25. The number of hydrogen-bond acceptors (Lipinski definition) is 5. The molecule has 0 aromatic carbocycles. The molecule has 1 aliphatic carbocycles. The first-order valence-corrected chi connectivity index (χ1v) is 8.79. The molecule has 118 valence electrons. The molecule has 21 heavy (non-hydrogen) atoms. The second kappa shape index (κ2) is 7.20. The molecular formula is C14H23N3O3S. The average molecular weight is 313 g/mol. The third-order valence-electron chi connectivity index (χ3n) is 3.70. The van der Waals surface area contributed by atoms with Crippen molar-refractivity contribution in [1.82, 2.24) is 9.71 Å². The summed E-state index contributed by atoms with van der Waals surface area (Å²) in [6.07, 6.45) is 6.50. The van der Waals surface area contributed by atoms with Gasteiger partial charge in [0.05, 0.1) is 11.8 Å². The van der Waals surface area contributed by atoms with Gasteiger partial charge in [0.2, 0.25) is 10.0 Å². The molecule has 0 aliphatic heterocycles. The standard InChI is InChI=1S/C14H23N3O3S/c1-3-8-16-12-7-9-15-10-14(12)21(18,19)17-11-5-4-6-13(11)20-2/h7,9-11,13,17H,3-6,8H2,1-2H3,(H,15,16). The second-order valence-electron chi connectivity index (χ2n) is 5.23. The van der Waals surface area contributed by atoms with Crippen LogP contribution in [0.2, 0.25) is 0 Å². The Bertz CT molecular complexity index is 562. The van der Waals surface area contributed by atoms with Gasteiger partial charge in [-0.05, 0) is 31.7 Å². The molecule has 1 heterocycles. The van der Waals surface area contributed by atoms with Crippen molar-refractivity contribution in [3.63, 3.8) is 0 Å². The fourth-order valence-corrected chi connectivity index (χ4v) is 4.03. The van der Waals surface area contributed by atoms with E-state index in [1.807, 2.05) is 6.92 Å². The van der Waals surface area contributed by atoms with Crippen LogP contribution in [0.5, 0.6) is 0 Å². The van der Waals surface area contributed by atoms with Gasteiger partial charge in [0.15, 0.2) is 0 Å². The number of ether oxygens (including phenoxy) is 1. The molecule has 1 fully saturated rings. The van der Waals surface area contributed by atoms with Crippen molar-refractivity contribution in [3.8, 4) is 0 Å². The number of pyridine rings is 1. The minimum atomic E-state index is -3.60. The zero-order chi connectivity index (χ0) is 15.3. The largest absolute Gasteiger partial charge is 0.384 e. The third-order valence-corrected chi connectivity index (χ3v) is 5.22. The van der Waals surface area contributed by atoms with E-state index in [9.17, 15) is 8.42 Å². The van der Waals surface area contributed by atoms with E-state index >= 15 is 0 Å². The minimum absolute atomic E-state index is 0.0523. The number of anilines is 1. The van der Waals surface area contributed by atoms with E-state index in [0.717, 1.165) is 32.2 Å². The number of aromatic nitrogens is 1. The Balaban J connectivity index is 2.19. The van der Waals surface area contributed by atoms with Crippen molar-refractivity contribution in [2.24, 2.45) is 0 Å². The Morgan fingerprint density at radius 2 is 2.24 bits per heavy atom. The molecule has 1 saturated carbocycles. The monoisotopic (exact) mass is 313 g/mol. The highest BCUT2D eigenvalue weighted by Gasteiger charge is 2.32. The van der Waals surface area contributed by atoms with Gasteiger partial charge in [0, 0.05) is 32.1 Å². The Kier molecular flexibility index (Phi) is 5.55. The van der Waals surface area contributed by atoms with Crippen LogP contribution in [0, 0.1) is 0 Å². The molecule has 1 aliphatic rings. The zero-order valence-corrected chi connectivity index (χ0v) is 13.3. The summed E-state index contributed by atoms with van der Waals surface area (Å²) in [5.41, 5.74) is 0.589. The van der Waals surface area contributed by atoms with E-state index < -0.39 is 10.0 Å². The lowest BCUT2D eigenvalue weighted by Gasteiger charge is -2.20. The van der Waals surface area contributed by atoms with Gasteiger partial charge in [0.1, 0.15) is 4.90 Å². The van der Waals surface area contributed by atoms with E-state index in [2.05, 4.69) is 15.0 Å². The molecule has 2 N–H and O–H groups in total. The van der Waals surface area contributed by atoms with Gasteiger partial charge in [-0.3, -0.25) is 4.98 Å². The molecule has 2 unspecified atom stereocenters. The lowest BCUT2D eigenvalue weighted by Crippen LogP contribution is -2.40. The normalized spacial score (nSPS) is 22.4. The fourth-order valence-electron chi connectivity index (χ4n) is 2.61. The molecule has 0 saturated heterocycles. The smallest absolute Gasteiger partial charge is 0.244 e. The van der Waals surface area contributed by atoms with Crippen LogP contribution in [0.3, 0.4) is 0 Å². The summed E-state index contributed by atoms with van der Waals surface area (Å²) in [6.45, 7) is 2.75. The number of nitrogens with one attached hydrogen (secondary N) is 2. The quantitative estimate of drug-likeness (QED) is 0.801. The van der Waals surface area contributed by atoms with Gasteiger partial charge in [-0.15, -0.1) is 0 Å². The van der Waals surface area contributed by atoms with Gasteiger partial charge < -0.3 is 10.1 Å². The van der Waals surface area contributed by atoms with Crippen molar-refractivity contribution in [2.45, 2.75) is 49.6 Å². The molecule has 2 atom stereocenters. The molecule has 0 radical (unpaired) electrons. The maximum atomic E-state index is 12.6. The van der Waals surface area contributed by atoms with Crippen LogP contribution < -0.4 is 10.0 Å². The molecular weight excluding hydrogens is 290 g/mol. The van der Waals surface area contributed by atoms with E-state index in [1.54, 1.807) is 19.4 Å². The predicted octanol–water partition coefficient (Wildman–Crippen LogP) is 1.75. The van der Waals surface area contributed by atoms with E-state index in [0.29, 0.717) is 5.69 Å². The molecule has 0 bridgehead atoms. The van der Waals surface area contributed by atoms with E-state index in [1.165, 1.54) is 6.20 Å². The maximum absolute atomic E-state index is 12.6. The van der Waals surface area contributed by atoms with Crippen molar-refractivity contribution in [1.29, 1.82) is 0 Å². The number of sulfonamides is 1. The van der Waals surface area contributed by atoms with E-state index in [-0.39, 0.29) is 17.0 Å². The molecule has 0 spiro atoms. The van der Waals surface area contributed by atoms with Crippen LogP contribution in [-0.2, 0) is 14.8 Å². The first-order valence-electron chi connectivity index (χ1n) is 7.31. The lowest BCUT2D eigenvalue weighted by molar-refractivity contribution is 0.0916. The Labute approximate surface area is 126 Å². The van der Waals surface area contributed by atoms with Crippen molar-refractivity contribution < 1.29 is 13.2 Å². The fraction of sp³-hybridized carbons (Fsp3) is 0.643. The van der Waals surface area contributed by atoms with Gasteiger partial charge in [-0.25, -0.2) is 13.1 Å². The van der Waals surface area contributed by atoms with Crippen molar-refractivity contribution >= 4 is 15.7 Å². The highest BCUT2D eigenvalue weighted by molar-refractivity contribution is 7.89. The predicted molar refractivity (Wildman–Crippen MR) is 81.8 cm³/mol.